The third-order valence-electron chi connectivity index (χ3n) is 1.21. The number of thioether (sulfide) groups is 1. The molecule has 1 rings (SSSR count). The molecule has 11 heavy (non-hydrogen) atoms. The molecule has 0 saturated heterocycles. The summed E-state index contributed by atoms with van der Waals surface area (Å²) in [6, 6.07) is 0. The van der Waals surface area contributed by atoms with Crippen LogP contribution >= 0.6 is 11.8 Å². The first-order valence-corrected chi connectivity index (χ1v) is 4.47. The number of aliphatic imine (C=N–C) groups is 1. The van der Waals surface area contributed by atoms with Gasteiger partial charge in [0.05, 0.1) is 6.54 Å². The number of nitrogens with zero attached hydrogens (tertiary/aromatic N) is 1. The molecular weight excluding hydrogens is 162 g/mol. The Morgan fingerprint density at radius 3 is 3.18 bits per heavy atom. The van der Waals surface area contributed by atoms with Gasteiger partial charge in [-0.25, -0.2) is 0 Å². The highest BCUT2D eigenvalue weighted by Gasteiger charge is 2.04. The quantitative estimate of drug-likeness (QED) is 0.594. The van der Waals surface area contributed by atoms with Gasteiger partial charge in [-0.05, 0) is 6.42 Å². The van der Waals surface area contributed by atoms with E-state index in [-0.39, 0.29) is 12.5 Å². The minimum atomic E-state index is -0.348. The molecule has 62 valence electrons. The van der Waals surface area contributed by atoms with Crippen LogP contribution in [0.1, 0.15) is 6.42 Å². The van der Waals surface area contributed by atoms with Crippen LogP contribution in [-0.4, -0.2) is 29.9 Å². The van der Waals surface area contributed by atoms with Crippen molar-refractivity contribution in [2.24, 2.45) is 10.7 Å². The predicted molar refractivity (Wildman–Crippen MR) is 46.6 cm³/mol. The highest BCUT2D eigenvalue weighted by Crippen LogP contribution is 2.09. The lowest BCUT2D eigenvalue weighted by Gasteiger charge is -2.11. The van der Waals surface area contributed by atoms with Gasteiger partial charge in [0.2, 0.25) is 5.91 Å². The minimum absolute atomic E-state index is 0.186. The van der Waals surface area contributed by atoms with Crippen LogP contribution in [0.2, 0.25) is 0 Å². The third-order valence-corrected chi connectivity index (χ3v) is 2.25. The zero-order valence-corrected chi connectivity index (χ0v) is 6.99. The Bertz CT molecular complexity index is 181. The Morgan fingerprint density at radius 1 is 1.82 bits per heavy atom. The van der Waals surface area contributed by atoms with Gasteiger partial charge in [0.15, 0.2) is 5.17 Å². The molecule has 0 aliphatic carbocycles. The highest BCUT2D eigenvalue weighted by molar-refractivity contribution is 8.13. The number of hydrogen-bond donors (Lipinski definition) is 2. The number of rotatable bonds is 2. The lowest BCUT2D eigenvalue weighted by atomic mass is 10.5. The van der Waals surface area contributed by atoms with E-state index in [1.165, 1.54) is 0 Å². The van der Waals surface area contributed by atoms with Gasteiger partial charge >= 0.3 is 0 Å². The molecule has 1 aliphatic heterocycles. The fourth-order valence-electron chi connectivity index (χ4n) is 0.729. The van der Waals surface area contributed by atoms with Gasteiger partial charge in [-0.2, -0.15) is 0 Å². The van der Waals surface area contributed by atoms with E-state index in [2.05, 4.69) is 10.3 Å². The number of nitrogens with one attached hydrogen (secondary N) is 1. The van der Waals surface area contributed by atoms with Crippen molar-refractivity contribution in [2.75, 3.05) is 18.8 Å². The largest absolute Gasteiger partial charge is 0.368 e. The molecule has 0 fully saturated rings. The van der Waals surface area contributed by atoms with E-state index >= 15 is 0 Å². The summed E-state index contributed by atoms with van der Waals surface area (Å²) >= 11 is 1.64. The van der Waals surface area contributed by atoms with Crippen molar-refractivity contribution in [3.8, 4) is 0 Å². The van der Waals surface area contributed by atoms with Crippen LogP contribution in [0.4, 0.5) is 0 Å². The predicted octanol–water partition coefficient (Wildman–Crippen LogP) is -0.446. The topological polar surface area (TPSA) is 67.5 Å². The fraction of sp³-hybridized carbons (Fsp3) is 0.667. The van der Waals surface area contributed by atoms with Crippen LogP contribution in [0.5, 0.6) is 0 Å². The van der Waals surface area contributed by atoms with E-state index in [1.54, 1.807) is 11.8 Å². The summed E-state index contributed by atoms with van der Waals surface area (Å²) in [5, 5.41) is 3.70. The zero-order chi connectivity index (χ0) is 8.10. The molecule has 0 saturated carbocycles. The molecule has 4 nitrogen and oxygen atoms in total. The smallest absolute Gasteiger partial charge is 0.236 e. The molecule has 0 aromatic rings. The molecule has 0 aromatic carbocycles. The van der Waals surface area contributed by atoms with Crippen molar-refractivity contribution in [2.45, 2.75) is 6.42 Å². The van der Waals surface area contributed by atoms with Crippen molar-refractivity contribution in [1.29, 1.82) is 0 Å². The Hall–Kier alpha value is -0.710. The van der Waals surface area contributed by atoms with Gasteiger partial charge in [0, 0.05) is 12.3 Å². The maximum absolute atomic E-state index is 10.3. The second kappa shape index (κ2) is 4.23. The van der Waals surface area contributed by atoms with Gasteiger partial charge in [-0.15, -0.1) is 0 Å². The van der Waals surface area contributed by atoms with Gasteiger partial charge in [-0.1, -0.05) is 11.8 Å². The summed E-state index contributed by atoms with van der Waals surface area (Å²) in [7, 11) is 0. The van der Waals surface area contributed by atoms with Crippen LogP contribution < -0.4 is 11.1 Å². The molecular formula is C6H11N3OS. The van der Waals surface area contributed by atoms with Crippen molar-refractivity contribution in [3.05, 3.63) is 0 Å². The molecule has 0 atom stereocenters. The molecule has 0 radical (unpaired) electrons. The summed E-state index contributed by atoms with van der Waals surface area (Å²) in [6.45, 7) is 1.04. The van der Waals surface area contributed by atoms with Crippen LogP contribution in [0.15, 0.2) is 4.99 Å². The minimum Gasteiger partial charge on any atom is -0.368 e. The molecule has 1 heterocycles. The van der Waals surface area contributed by atoms with Gasteiger partial charge in [-0.3, -0.25) is 9.79 Å². The molecule has 3 N–H and O–H groups in total. The average molecular weight is 173 g/mol. The first-order chi connectivity index (χ1) is 5.29. The first kappa shape index (κ1) is 8.39. The van der Waals surface area contributed by atoms with Gasteiger partial charge in [0.25, 0.3) is 0 Å². The molecule has 5 heteroatoms. The fourth-order valence-corrected chi connectivity index (χ4v) is 1.55. The van der Waals surface area contributed by atoms with Crippen molar-refractivity contribution in [1.82, 2.24) is 5.32 Å². The average Bonchev–Trinajstić information content (AvgIpc) is 2.03. The Morgan fingerprint density at radius 2 is 2.64 bits per heavy atom. The summed E-state index contributed by atoms with van der Waals surface area (Å²) in [4.78, 5) is 14.5. The van der Waals surface area contributed by atoms with Crippen molar-refractivity contribution in [3.63, 3.8) is 0 Å². The molecule has 0 unspecified atom stereocenters. The van der Waals surface area contributed by atoms with Crippen LogP contribution in [0, 0.1) is 0 Å². The lowest BCUT2D eigenvalue weighted by molar-refractivity contribution is -0.116. The summed E-state index contributed by atoms with van der Waals surface area (Å²) < 4.78 is 0. The van der Waals surface area contributed by atoms with Crippen LogP contribution in [0.3, 0.4) is 0 Å². The number of primary amides is 1. The molecule has 0 aromatic heterocycles. The standard InChI is InChI=1S/C6H11N3OS/c7-5(10)4-9-6-8-2-1-3-11-6/h1-4H2,(H2,7,10)(H,8,9). The molecule has 1 aliphatic rings. The number of nitrogens with two attached hydrogens (primary N) is 1. The monoisotopic (exact) mass is 173 g/mol. The van der Waals surface area contributed by atoms with Crippen LogP contribution in [-0.2, 0) is 4.79 Å². The van der Waals surface area contributed by atoms with E-state index in [0.29, 0.717) is 0 Å². The second-order valence-electron chi connectivity index (χ2n) is 2.21. The SMILES string of the molecule is NC(=O)CNC1=NCCCS1. The van der Waals surface area contributed by atoms with E-state index in [1.807, 2.05) is 0 Å². The van der Waals surface area contributed by atoms with Crippen LogP contribution in [0.25, 0.3) is 0 Å². The van der Waals surface area contributed by atoms with Gasteiger partial charge < -0.3 is 11.1 Å². The number of amides is 1. The van der Waals surface area contributed by atoms with E-state index in [4.69, 9.17) is 5.73 Å². The zero-order valence-electron chi connectivity index (χ0n) is 6.17. The maximum Gasteiger partial charge on any atom is 0.236 e. The lowest BCUT2D eigenvalue weighted by Crippen LogP contribution is -2.32. The molecule has 0 spiro atoms. The Balaban J connectivity index is 2.24. The number of hydrogen-bond acceptors (Lipinski definition) is 4. The summed E-state index contributed by atoms with van der Waals surface area (Å²) in [5.74, 6) is 0.726. The second-order valence-corrected chi connectivity index (χ2v) is 3.29. The highest BCUT2D eigenvalue weighted by atomic mass is 32.2. The van der Waals surface area contributed by atoms with Crippen molar-refractivity contribution >= 4 is 22.8 Å². The normalized spacial score (nSPS) is 17.3. The summed E-state index contributed by atoms with van der Waals surface area (Å²) in [5.41, 5.74) is 4.94. The molecule has 0 bridgehead atoms. The third kappa shape index (κ3) is 3.27. The molecule has 1 amide bonds. The van der Waals surface area contributed by atoms with E-state index in [0.717, 1.165) is 23.9 Å². The van der Waals surface area contributed by atoms with Crippen molar-refractivity contribution < 1.29 is 4.79 Å². The van der Waals surface area contributed by atoms with E-state index in [9.17, 15) is 4.79 Å². The van der Waals surface area contributed by atoms with Gasteiger partial charge in [0.1, 0.15) is 0 Å². The Labute approximate surface area is 69.6 Å². The van der Waals surface area contributed by atoms with E-state index < -0.39 is 0 Å². The number of amidine groups is 1. The first-order valence-electron chi connectivity index (χ1n) is 3.48. The maximum atomic E-state index is 10.3. The summed E-state index contributed by atoms with van der Waals surface area (Å²) in [6.07, 6.45) is 1.12. The number of carbonyl (C=O) groups excluding carboxylic acids is 1. The Kier molecular flexibility index (Phi) is 3.22. The number of carbonyl (C=O) groups is 1.